The molecule has 3 aliphatic carbocycles. The smallest absolute Gasteiger partial charge is 0.252 e. The fraction of sp³-hybridized carbons (Fsp3) is 0.321. The fourth-order valence-corrected chi connectivity index (χ4v) is 6.84. The molecule has 1 aromatic carbocycles. The molecule has 2 heterocycles. The number of ketones is 1. The SMILES string of the molecule is C=C1O[C@]12C(C(N)=O)=C(O)[C@@H](N(C)C)[C@@H]1C[C@@H]3Cc4c(/C=N/n5cccc5)ccc(O)c4C(O)=C3C(=O)[C@@]12O. The van der Waals surface area contributed by atoms with Crippen LogP contribution in [0.5, 0.6) is 5.75 Å². The predicted octanol–water partition coefficient (Wildman–Crippen LogP) is 1.36. The van der Waals surface area contributed by atoms with Gasteiger partial charge in [0.05, 0.1) is 17.8 Å². The van der Waals surface area contributed by atoms with Gasteiger partial charge < -0.3 is 30.9 Å². The minimum absolute atomic E-state index is 0.0752. The quantitative estimate of drug-likeness (QED) is 0.290. The van der Waals surface area contributed by atoms with Crippen LogP contribution in [0.25, 0.3) is 5.76 Å². The summed E-state index contributed by atoms with van der Waals surface area (Å²) in [6.45, 7) is 3.74. The van der Waals surface area contributed by atoms with Crippen molar-refractivity contribution in [1.82, 2.24) is 9.58 Å². The Bertz CT molecular complexity index is 1550. The molecule has 5 atom stereocenters. The third kappa shape index (κ3) is 3.08. The van der Waals surface area contributed by atoms with Crippen molar-refractivity contribution in [2.45, 2.75) is 30.1 Å². The number of amides is 1. The lowest BCUT2D eigenvalue weighted by molar-refractivity contribution is -0.163. The van der Waals surface area contributed by atoms with Crippen molar-refractivity contribution in [2.75, 3.05) is 14.1 Å². The number of Topliss-reactive ketones (excluding diaryl/α,β-unsaturated/α-hetero) is 1. The third-order valence-electron chi connectivity index (χ3n) is 8.50. The zero-order valence-electron chi connectivity index (χ0n) is 21.3. The summed E-state index contributed by atoms with van der Waals surface area (Å²) in [7, 11) is 3.30. The molecule has 1 spiro atoms. The molecule has 0 bridgehead atoms. The molecule has 0 unspecified atom stereocenters. The van der Waals surface area contributed by atoms with Crippen molar-refractivity contribution in [3.8, 4) is 5.75 Å². The van der Waals surface area contributed by atoms with Crippen LogP contribution in [0.3, 0.4) is 0 Å². The van der Waals surface area contributed by atoms with Crippen LogP contribution in [-0.4, -0.2) is 79.2 Å². The number of phenols is 1. The molecule has 2 fully saturated rings. The summed E-state index contributed by atoms with van der Waals surface area (Å²) in [5.74, 6) is -4.62. The van der Waals surface area contributed by atoms with Gasteiger partial charge in [-0.3, -0.25) is 14.5 Å². The average molecular weight is 533 g/mol. The van der Waals surface area contributed by atoms with Gasteiger partial charge in [0.2, 0.25) is 5.60 Å². The molecule has 1 aliphatic heterocycles. The monoisotopic (exact) mass is 532 g/mol. The Labute approximate surface area is 223 Å². The lowest BCUT2D eigenvalue weighted by Crippen LogP contribution is -2.70. The number of hydrogen-bond acceptors (Lipinski definition) is 9. The van der Waals surface area contributed by atoms with Gasteiger partial charge in [0.1, 0.15) is 28.6 Å². The van der Waals surface area contributed by atoms with Crippen molar-refractivity contribution < 1.29 is 34.8 Å². The molecule has 1 saturated carbocycles. The van der Waals surface area contributed by atoms with Crippen LogP contribution < -0.4 is 5.73 Å². The Morgan fingerprint density at radius 3 is 2.51 bits per heavy atom. The van der Waals surface area contributed by atoms with E-state index < -0.39 is 57.9 Å². The summed E-state index contributed by atoms with van der Waals surface area (Å²) >= 11 is 0. The second-order valence-electron chi connectivity index (χ2n) is 10.7. The van der Waals surface area contributed by atoms with Crippen molar-refractivity contribution in [3.63, 3.8) is 0 Å². The Kier molecular flexibility index (Phi) is 5.17. The van der Waals surface area contributed by atoms with Crippen molar-refractivity contribution in [3.05, 3.63) is 82.6 Å². The van der Waals surface area contributed by atoms with Gasteiger partial charge in [-0.25, -0.2) is 4.68 Å². The highest BCUT2D eigenvalue weighted by molar-refractivity contribution is 6.13. The molecule has 39 heavy (non-hydrogen) atoms. The molecule has 1 aromatic heterocycles. The Hall–Kier alpha value is -4.35. The maximum atomic E-state index is 14.3. The molecule has 6 N–H and O–H groups in total. The molecule has 11 heteroatoms. The van der Waals surface area contributed by atoms with E-state index >= 15 is 0 Å². The van der Waals surface area contributed by atoms with Crippen LogP contribution in [0.1, 0.15) is 23.1 Å². The maximum absolute atomic E-state index is 14.3. The summed E-state index contributed by atoms with van der Waals surface area (Å²) in [4.78, 5) is 28.4. The molecule has 2 aromatic rings. The van der Waals surface area contributed by atoms with Gasteiger partial charge in [0.15, 0.2) is 11.4 Å². The maximum Gasteiger partial charge on any atom is 0.252 e. The number of benzene rings is 1. The number of rotatable bonds is 4. The van der Waals surface area contributed by atoms with Gasteiger partial charge in [-0.1, -0.05) is 6.58 Å². The number of likely N-dealkylation sites (N-methyl/N-ethyl adjacent to an activating group) is 1. The van der Waals surface area contributed by atoms with E-state index in [0.717, 1.165) is 0 Å². The highest BCUT2D eigenvalue weighted by Gasteiger charge is 2.81. The second kappa shape index (κ2) is 8.08. The Morgan fingerprint density at radius 1 is 1.26 bits per heavy atom. The first-order valence-corrected chi connectivity index (χ1v) is 12.5. The van der Waals surface area contributed by atoms with Gasteiger partial charge in [-0.2, -0.15) is 5.10 Å². The Balaban J connectivity index is 1.54. The molecule has 202 valence electrons. The van der Waals surface area contributed by atoms with E-state index in [-0.39, 0.29) is 35.5 Å². The number of hydrogen-bond donors (Lipinski definition) is 5. The average Bonchev–Trinajstić information content (AvgIpc) is 3.26. The normalized spacial score (nSPS) is 31.4. The van der Waals surface area contributed by atoms with E-state index in [2.05, 4.69) is 11.7 Å². The molecule has 0 radical (unpaired) electrons. The van der Waals surface area contributed by atoms with Crippen LogP contribution in [0.15, 0.2) is 71.0 Å². The number of carbonyl (C=O) groups excluding carboxylic acids is 2. The minimum Gasteiger partial charge on any atom is -0.510 e. The Morgan fingerprint density at radius 2 is 1.92 bits per heavy atom. The summed E-state index contributed by atoms with van der Waals surface area (Å²) in [5.41, 5.74) is 1.98. The predicted molar refractivity (Wildman–Crippen MR) is 140 cm³/mol. The third-order valence-corrected chi connectivity index (χ3v) is 8.50. The first kappa shape index (κ1) is 25.0. The number of aromatic nitrogens is 1. The van der Waals surface area contributed by atoms with E-state index in [4.69, 9.17) is 10.5 Å². The zero-order chi connectivity index (χ0) is 28.0. The van der Waals surface area contributed by atoms with Crippen LogP contribution >= 0.6 is 0 Å². The van der Waals surface area contributed by atoms with Crippen molar-refractivity contribution >= 4 is 23.7 Å². The van der Waals surface area contributed by atoms with Crippen LogP contribution in [-0.2, 0) is 20.7 Å². The lowest BCUT2D eigenvalue weighted by atomic mass is 9.53. The van der Waals surface area contributed by atoms with Crippen molar-refractivity contribution in [1.29, 1.82) is 0 Å². The van der Waals surface area contributed by atoms with Gasteiger partial charge in [0.25, 0.3) is 5.91 Å². The van der Waals surface area contributed by atoms with Gasteiger partial charge in [0, 0.05) is 23.9 Å². The summed E-state index contributed by atoms with van der Waals surface area (Å²) in [6.07, 6.45) is 5.51. The summed E-state index contributed by atoms with van der Waals surface area (Å²) < 4.78 is 7.18. The first-order valence-electron chi connectivity index (χ1n) is 12.5. The number of aromatic hydroxyl groups is 1. The topological polar surface area (TPSA) is 174 Å². The van der Waals surface area contributed by atoms with E-state index in [9.17, 15) is 30.0 Å². The molecular formula is C28H28N4O7. The van der Waals surface area contributed by atoms with Crippen LogP contribution in [0.2, 0.25) is 0 Å². The van der Waals surface area contributed by atoms with Gasteiger partial charge in [-0.05, 0) is 68.2 Å². The molecule has 1 amide bonds. The minimum atomic E-state index is -2.39. The zero-order valence-corrected chi connectivity index (χ0v) is 21.3. The molecule has 6 rings (SSSR count). The summed E-state index contributed by atoms with van der Waals surface area (Å²) in [5, 5.41) is 50.1. The van der Waals surface area contributed by atoms with Gasteiger partial charge >= 0.3 is 0 Å². The van der Waals surface area contributed by atoms with Crippen LogP contribution in [0, 0.1) is 11.8 Å². The largest absolute Gasteiger partial charge is 0.510 e. The molecule has 1 saturated heterocycles. The first-order chi connectivity index (χ1) is 18.4. The number of nitrogens with two attached hydrogens (primary N) is 1. The summed E-state index contributed by atoms with van der Waals surface area (Å²) in [6, 6.07) is 5.77. The number of phenolic OH excluding ortho intramolecular Hbond substituents is 1. The van der Waals surface area contributed by atoms with E-state index in [0.29, 0.717) is 11.1 Å². The standard InChI is InChI=1S/C28H28N4O7/c1-13-28(39-13)21(26(29)37)24(35)22(31(2)3)17-11-15-10-16-14(12-30-32-8-4-5-9-32)6-7-18(33)20(16)23(34)19(15)25(36)27(17,28)38/h4-9,12,15,17,22,33-35,38H,1,10-11H2,2-3H3,(H2,29,37)/b30-12+/t15-,17-,22-,27-,28-/m0/s1. The number of aliphatic hydroxyl groups is 3. The highest BCUT2D eigenvalue weighted by atomic mass is 16.6. The van der Waals surface area contributed by atoms with Crippen LogP contribution in [0.4, 0.5) is 0 Å². The number of aliphatic hydroxyl groups excluding tert-OH is 2. The molecular weight excluding hydrogens is 504 g/mol. The number of epoxide rings is 1. The number of ether oxygens (including phenoxy) is 1. The van der Waals surface area contributed by atoms with E-state index in [1.165, 1.54) is 6.07 Å². The highest BCUT2D eigenvalue weighted by Crippen LogP contribution is 2.65. The van der Waals surface area contributed by atoms with Gasteiger partial charge in [-0.15, -0.1) is 0 Å². The number of fused-ring (bicyclic) bond motifs is 4. The van der Waals surface area contributed by atoms with E-state index in [1.807, 2.05) is 12.1 Å². The number of carbonyl (C=O) groups is 2. The second-order valence-corrected chi connectivity index (χ2v) is 10.7. The molecule has 4 aliphatic rings. The lowest BCUT2D eigenvalue weighted by Gasteiger charge is -2.52. The fourth-order valence-electron chi connectivity index (χ4n) is 6.84. The number of primary amides is 1. The van der Waals surface area contributed by atoms with E-state index in [1.54, 1.807) is 48.3 Å². The van der Waals surface area contributed by atoms with Crippen molar-refractivity contribution in [2.24, 2.45) is 22.7 Å². The molecule has 11 nitrogen and oxygen atoms in total. The number of nitrogens with zero attached hydrogens (tertiary/aromatic N) is 3.